The van der Waals surface area contributed by atoms with Crippen molar-refractivity contribution < 1.29 is 14.2 Å². The lowest BCUT2D eigenvalue weighted by molar-refractivity contribution is 0.0259. The molecule has 1 aliphatic heterocycles. The molecule has 1 heterocycles. The van der Waals surface area contributed by atoms with Crippen LogP contribution in [0.25, 0.3) is 0 Å². The predicted octanol–water partition coefficient (Wildman–Crippen LogP) is 2.14. The average molecular weight is 265 g/mol. The summed E-state index contributed by atoms with van der Waals surface area (Å²) in [6, 6.07) is 5.95. The molecule has 1 saturated heterocycles. The molecule has 0 bridgehead atoms. The second-order valence-electron chi connectivity index (χ2n) is 4.98. The van der Waals surface area contributed by atoms with E-state index in [2.05, 4.69) is 6.92 Å². The molecule has 1 aliphatic rings. The van der Waals surface area contributed by atoms with Gasteiger partial charge in [-0.1, -0.05) is 6.07 Å². The second kappa shape index (κ2) is 6.78. The van der Waals surface area contributed by atoms with Crippen LogP contribution in [0.4, 0.5) is 0 Å². The molecule has 2 rings (SSSR count). The van der Waals surface area contributed by atoms with E-state index >= 15 is 0 Å². The van der Waals surface area contributed by atoms with Gasteiger partial charge in [0.15, 0.2) is 11.5 Å². The van der Waals surface area contributed by atoms with Gasteiger partial charge in [-0.2, -0.15) is 0 Å². The number of methoxy groups -OCH3 is 1. The third-order valence-electron chi connectivity index (χ3n) is 3.41. The van der Waals surface area contributed by atoms with Crippen molar-refractivity contribution in [3.63, 3.8) is 0 Å². The van der Waals surface area contributed by atoms with Crippen molar-refractivity contribution in [1.82, 2.24) is 0 Å². The molecule has 0 radical (unpaired) electrons. The third-order valence-corrected chi connectivity index (χ3v) is 3.41. The van der Waals surface area contributed by atoms with Crippen molar-refractivity contribution in [2.24, 2.45) is 5.73 Å². The summed E-state index contributed by atoms with van der Waals surface area (Å²) < 4.78 is 16.9. The van der Waals surface area contributed by atoms with Gasteiger partial charge in [-0.25, -0.2) is 0 Å². The Balaban J connectivity index is 1.98. The van der Waals surface area contributed by atoms with Crippen LogP contribution in [-0.4, -0.2) is 32.5 Å². The summed E-state index contributed by atoms with van der Waals surface area (Å²) in [6.07, 6.45) is 3.55. The van der Waals surface area contributed by atoms with Gasteiger partial charge in [-0.15, -0.1) is 0 Å². The number of benzene rings is 1. The van der Waals surface area contributed by atoms with E-state index in [4.69, 9.17) is 19.9 Å². The van der Waals surface area contributed by atoms with E-state index in [9.17, 15) is 0 Å². The zero-order valence-corrected chi connectivity index (χ0v) is 11.7. The van der Waals surface area contributed by atoms with Gasteiger partial charge in [0.1, 0.15) is 6.61 Å². The average Bonchev–Trinajstić information content (AvgIpc) is 2.83. The molecule has 106 valence electrons. The summed E-state index contributed by atoms with van der Waals surface area (Å²) in [4.78, 5) is 0. The summed E-state index contributed by atoms with van der Waals surface area (Å²) in [5, 5.41) is 0. The summed E-state index contributed by atoms with van der Waals surface area (Å²) in [5.74, 6) is 1.53. The molecule has 4 nitrogen and oxygen atoms in total. The summed E-state index contributed by atoms with van der Waals surface area (Å²) >= 11 is 0. The van der Waals surface area contributed by atoms with Crippen molar-refractivity contribution in [1.29, 1.82) is 0 Å². The van der Waals surface area contributed by atoms with Gasteiger partial charge in [0.25, 0.3) is 0 Å². The van der Waals surface area contributed by atoms with E-state index in [0.29, 0.717) is 19.3 Å². The zero-order valence-electron chi connectivity index (χ0n) is 11.7. The normalized spacial score (nSPS) is 22.5. The maximum Gasteiger partial charge on any atom is 0.161 e. The molecule has 2 unspecified atom stereocenters. The first-order chi connectivity index (χ1) is 9.22. The quantitative estimate of drug-likeness (QED) is 0.856. The van der Waals surface area contributed by atoms with Gasteiger partial charge >= 0.3 is 0 Å². The molecular weight excluding hydrogens is 242 g/mol. The van der Waals surface area contributed by atoms with E-state index in [-0.39, 0.29) is 6.10 Å². The van der Waals surface area contributed by atoms with E-state index in [1.54, 1.807) is 7.11 Å². The molecule has 1 aromatic carbocycles. The fourth-order valence-electron chi connectivity index (χ4n) is 2.35. The molecule has 0 saturated carbocycles. The minimum absolute atomic E-state index is 0.192. The molecule has 1 aromatic rings. The van der Waals surface area contributed by atoms with Crippen LogP contribution in [0.2, 0.25) is 0 Å². The number of rotatable bonds is 6. The van der Waals surface area contributed by atoms with Crippen LogP contribution in [0, 0.1) is 0 Å². The van der Waals surface area contributed by atoms with Crippen LogP contribution in [0.3, 0.4) is 0 Å². The molecule has 0 aromatic heterocycles. The Labute approximate surface area is 114 Å². The second-order valence-corrected chi connectivity index (χ2v) is 4.98. The van der Waals surface area contributed by atoms with Gasteiger partial charge in [-0.05, 0) is 50.4 Å². The number of ether oxygens (including phenoxy) is 3. The summed E-state index contributed by atoms with van der Waals surface area (Å²) in [5.41, 5.74) is 6.74. The Hall–Kier alpha value is -1.26. The maximum atomic E-state index is 5.86. The summed E-state index contributed by atoms with van der Waals surface area (Å²) in [6.45, 7) is 3.31. The van der Waals surface area contributed by atoms with Crippen LogP contribution < -0.4 is 15.2 Å². The Morgan fingerprint density at radius 2 is 2.16 bits per heavy atom. The fourth-order valence-corrected chi connectivity index (χ4v) is 2.35. The van der Waals surface area contributed by atoms with E-state index in [1.165, 1.54) is 5.56 Å². The SMILES string of the molecule is COc1ccc(CCN)cc1OCC1CCC(C)O1. The highest BCUT2D eigenvalue weighted by atomic mass is 16.6. The van der Waals surface area contributed by atoms with Crippen LogP contribution in [0.1, 0.15) is 25.3 Å². The minimum Gasteiger partial charge on any atom is -0.493 e. The van der Waals surface area contributed by atoms with Gasteiger partial charge < -0.3 is 19.9 Å². The van der Waals surface area contributed by atoms with Crippen molar-refractivity contribution in [2.75, 3.05) is 20.3 Å². The maximum absolute atomic E-state index is 5.86. The Morgan fingerprint density at radius 1 is 1.32 bits per heavy atom. The highest BCUT2D eigenvalue weighted by Gasteiger charge is 2.22. The van der Waals surface area contributed by atoms with Crippen LogP contribution in [-0.2, 0) is 11.2 Å². The lowest BCUT2D eigenvalue weighted by Crippen LogP contribution is -2.18. The van der Waals surface area contributed by atoms with Crippen LogP contribution in [0.5, 0.6) is 11.5 Å². The van der Waals surface area contributed by atoms with E-state index < -0.39 is 0 Å². The Morgan fingerprint density at radius 3 is 2.79 bits per heavy atom. The lowest BCUT2D eigenvalue weighted by Gasteiger charge is -2.15. The molecule has 0 amide bonds. The molecule has 19 heavy (non-hydrogen) atoms. The van der Waals surface area contributed by atoms with Gasteiger partial charge in [-0.3, -0.25) is 0 Å². The Kier molecular flexibility index (Phi) is 5.05. The number of hydrogen-bond acceptors (Lipinski definition) is 4. The molecule has 2 atom stereocenters. The monoisotopic (exact) mass is 265 g/mol. The minimum atomic E-state index is 0.192. The van der Waals surface area contributed by atoms with Gasteiger partial charge in [0.2, 0.25) is 0 Å². The zero-order chi connectivity index (χ0) is 13.7. The topological polar surface area (TPSA) is 53.7 Å². The standard InChI is InChI=1S/C15H23NO3/c1-11-3-5-13(19-11)10-18-15-9-12(7-8-16)4-6-14(15)17-2/h4,6,9,11,13H,3,5,7-8,10,16H2,1-2H3. The first kappa shape index (κ1) is 14.2. The first-order valence-corrected chi connectivity index (χ1v) is 6.88. The number of hydrogen-bond donors (Lipinski definition) is 1. The molecule has 4 heteroatoms. The summed E-state index contributed by atoms with van der Waals surface area (Å²) in [7, 11) is 1.65. The van der Waals surface area contributed by atoms with Crippen LogP contribution >= 0.6 is 0 Å². The Bertz CT molecular complexity index is 408. The first-order valence-electron chi connectivity index (χ1n) is 6.88. The third kappa shape index (κ3) is 3.85. The lowest BCUT2D eigenvalue weighted by atomic mass is 10.1. The van der Waals surface area contributed by atoms with Crippen molar-refractivity contribution in [3.8, 4) is 11.5 Å². The number of nitrogens with two attached hydrogens (primary N) is 1. The van der Waals surface area contributed by atoms with E-state index in [0.717, 1.165) is 30.8 Å². The smallest absolute Gasteiger partial charge is 0.161 e. The van der Waals surface area contributed by atoms with Gasteiger partial charge in [0.05, 0.1) is 19.3 Å². The predicted molar refractivity (Wildman–Crippen MR) is 74.8 cm³/mol. The molecule has 0 aliphatic carbocycles. The highest BCUT2D eigenvalue weighted by molar-refractivity contribution is 5.43. The largest absolute Gasteiger partial charge is 0.493 e. The van der Waals surface area contributed by atoms with Crippen molar-refractivity contribution >= 4 is 0 Å². The highest BCUT2D eigenvalue weighted by Crippen LogP contribution is 2.29. The molecule has 0 spiro atoms. The molecular formula is C15H23NO3. The van der Waals surface area contributed by atoms with Gasteiger partial charge in [0, 0.05) is 0 Å². The van der Waals surface area contributed by atoms with Crippen molar-refractivity contribution in [2.45, 2.75) is 38.4 Å². The van der Waals surface area contributed by atoms with Crippen LogP contribution in [0.15, 0.2) is 18.2 Å². The fraction of sp³-hybridized carbons (Fsp3) is 0.600. The molecule has 2 N–H and O–H groups in total. The van der Waals surface area contributed by atoms with E-state index in [1.807, 2.05) is 18.2 Å². The molecule has 1 fully saturated rings. The van der Waals surface area contributed by atoms with Crippen molar-refractivity contribution in [3.05, 3.63) is 23.8 Å².